The number of nitrogens with one attached hydrogen (secondary N) is 2. The molecule has 3 heterocycles. The van der Waals surface area contributed by atoms with Crippen LogP contribution in [0.1, 0.15) is 37.7 Å². The highest BCUT2D eigenvalue weighted by Crippen LogP contribution is 2.60. The zero-order valence-electron chi connectivity index (χ0n) is 21.5. The molecule has 10 heteroatoms. The summed E-state index contributed by atoms with van der Waals surface area (Å²) in [4.78, 5) is 42.9. The molecule has 3 aliphatic heterocycles. The summed E-state index contributed by atoms with van der Waals surface area (Å²) in [5.41, 5.74) is 0.292. The van der Waals surface area contributed by atoms with Gasteiger partial charge >= 0.3 is 0 Å². The number of ether oxygens (including phenoxy) is 1. The number of aliphatic hydroxyl groups is 1. The minimum absolute atomic E-state index is 0.123. The Morgan fingerprint density at radius 3 is 2.51 bits per heavy atom. The largest absolute Gasteiger partial charge is 0.396 e. The Hall–Kier alpha value is -2.46. The number of amides is 3. The highest BCUT2D eigenvalue weighted by Gasteiger charge is 2.76. The third-order valence-electron chi connectivity index (χ3n) is 8.09. The number of unbranched alkanes of at least 4 members (excludes halogenated alkanes) is 3. The van der Waals surface area contributed by atoms with Crippen LogP contribution in [0, 0.1) is 11.8 Å². The lowest BCUT2D eigenvalue weighted by atomic mass is 9.70. The van der Waals surface area contributed by atoms with E-state index in [4.69, 9.17) is 21.4 Å². The molecule has 0 aromatic heterocycles. The summed E-state index contributed by atoms with van der Waals surface area (Å²) in [7, 11) is 0. The Morgan fingerprint density at radius 2 is 1.77 bits per heavy atom. The minimum atomic E-state index is -1.12. The van der Waals surface area contributed by atoms with E-state index in [-0.39, 0.29) is 29.2 Å². The number of rotatable bonds is 11. The van der Waals surface area contributed by atoms with E-state index >= 15 is 0 Å². The fourth-order valence-electron chi connectivity index (χ4n) is 6.38. The van der Waals surface area contributed by atoms with Gasteiger partial charge in [0.15, 0.2) is 0 Å². The Kier molecular flexibility index (Phi) is 8.61. The van der Waals surface area contributed by atoms with Crippen LogP contribution in [-0.4, -0.2) is 63.5 Å². The summed E-state index contributed by atoms with van der Waals surface area (Å²) in [6.07, 6.45) is 2.94. The van der Waals surface area contributed by atoms with Crippen LogP contribution in [-0.2, 0) is 25.7 Å². The summed E-state index contributed by atoms with van der Waals surface area (Å²) in [6.45, 7) is 0.829. The third kappa shape index (κ3) is 5.34. The lowest BCUT2D eigenvalue weighted by Gasteiger charge is -2.34. The maximum atomic E-state index is 14.0. The van der Waals surface area contributed by atoms with Gasteiger partial charge in [-0.05, 0) is 37.0 Å². The first kappa shape index (κ1) is 28.1. The minimum Gasteiger partial charge on any atom is -0.396 e. The Labute approximate surface area is 241 Å². The van der Waals surface area contributed by atoms with E-state index < -0.39 is 29.6 Å². The number of carbonyl (C=O) groups excluding carboxylic acids is 3. The first-order chi connectivity index (χ1) is 18.9. The second kappa shape index (κ2) is 12.0. The van der Waals surface area contributed by atoms with E-state index in [1.54, 1.807) is 29.2 Å². The van der Waals surface area contributed by atoms with Gasteiger partial charge in [-0.2, -0.15) is 0 Å². The summed E-state index contributed by atoms with van der Waals surface area (Å²) in [5.74, 6) is -2.32. The van der Waals surface area contributed by atoms with Crippen molar-refractivity contribution in [1.82, 2.24) is 10.2 Å². The normalized spacial score (nSPS) is 28.9. The van der Waals surface area contributed by atoms with Gasteiger partial charge in [0.25, 0.3) is 0 Å². The summed E-state index contributed by atoms with van der Waals surface area (Å²) >= 11 is 10.0. The molecule has 2 bridgehead atoms. The molecule has 0 saturated carbocycles. The molecule has 0 radical (unpaired) electrons. The van der Waals surface area contributed by atoms with E-state index in [0.717, 1.165) is 18.4 Å². The number of benzene rings is 2. The molecule has 0 aliphatic carbocycles. The average Bonchev–Trinajstić information content (AvgIpc) is 3.52. The van der Waals surface area contributed by atoms with Gasteiger partial charge in [0.2, 0.25) is 17.7 Å². The molecule has 2 aromatic rings. The summed E-state index contributed by atoms with van der Waals surface area (Å²) in [5, 5.41) is 15.4. The maximum Gasteiger partial charge on any atom is 0.250 e. The number of anilines is 1. The van der Waals surface area contributed by atoms with Gasteiger partial charge in [-0.15, -0.1) is 0 Å². The van der Waals surface area contributed by atoms with Crippen LogP contribution in [0.5, 0.6) is 0 Å². The zero-order valence-corrected chi connectivity index (χ0v) is 23.9. The molecule has 3 fully saturated rings. The average molecular weight is 619 g/mol. The number of hydrogen-bond acceptors (Lipinski definition) is 5. The van der Waals surface area contributed by atoms with Crippen molar-refractivity contribution in [1.29, 1.82) is 0 Å². The Morgan fingerprint density at radius 1 is 1.05 bits per heavy atom. The van der Waals surface area contributed by atoms with E-state index in [9.17, 15) is 14.4 Å². The van der Waals surface area contributed by atoms with Crippen LogP contribution in [0.15, 0.2) is 54.6 Å². The maximum absolute atomic E-state index is 14.0. The lowest BCUT2D eigenvalue weighted by Crippen LogP contribution is -2.54. The molecule has 3 aliphatic rings. The predicted molar refractivity (Wildman–Crippen MR) is 151 cm³/mol. The second-order valence-electron chi connectivity index (χ2n) is 10.5. The quantitative estimate of drug-likeness (QED) is 0.262. The smallest absolute Gasteiger partial charge is 0.250 e. The number of para-hydroxylation sites is 1. The number of hydrogen-bond donors (Lipinski definition) is 3. The number of halogens is 2. The molecule has 3 unspecified atom stereocenters. The second-order valence-corrected chi connectivity index (χ2v) is 12.1. The first-order valence-electron chi connectivity index (χ1n) is 13.5. The molecule has 39 heavy (non-hydrogen) atoms. The number of alkyl halides is 1. The molecule has 8 nitrogen and oxygen atoms in total. The first-order valence-corrected chi connectivity index (χ1v) is 14.8. The number of nitrogens with zero attached hydrogens (tertiary/aromatic N) is 1. The lowest BCUT2D eigenvalue weighted by molar-refractivity contribution is -0.140. The van der Waals surface area contributed by atoms with Crippen LogP contribution in [0.2, 0.25) is 5.02 Å². The standard InChI is InChI=1S/C29H33BrClN3O5/c30-19-16-29-23(22(24(19)39-29)26(36)32-17-18-10-4-3-5-11-18)28(38)34(14-8-1-2-9-15-35)25(29)27(37)33-21-13-7-6-12-20(21)31/h3-7,10-13,19,22-25,35H,1-2,8-9,14-17H2,(H,32,36)(H,33,37)/t19?,22-,23-,24-,25?,29?/m0/s1. The van der Waals surface area contributed by atoms with Crippen molar-refractivity contribution in [3.8, 4) is 0 Å². The van der Waals surface area contributed by atoms with E-state index in [0.29, 0.717) is 43.1 Å². The van der Waals surface area contributed by atoms with Crippen molar-refractivity contribution >= 4 is 50.9 Å². The van der Waals surface area contributed by atoms with Crippen molar-refractivity contribution in [2.24, 2.45) is 11.8 Å². The summed E-state index contributed by atoms with van der Waals surface area (Å²) in [6, 6.07) is 15.7. The highest BCUT2D eigenvalue weighted by molar-refractivity contribution is 9.09. The molecule has 1 spiro atoms. The van der Waals surface area contributed by atoms with Crippen LogP contribution < -0.4 is 10.6 Å². The van der Waals surface area contributed by atoms with E-state index in [1.165, 1.54) is 0 Å². The van der Waals surface area contributed by atoms with Gasteiger partial charge in [-0.1, -0.05) is 82.8 Å². The monoisotopic (exact) mass is 617 g/mol. The fourth-order valence-corrected chi connectivity index (χ4v) is 7.51. The topological polar surface area (TPSA) is 108 Å². The SMILES string of the molecule is O=C(Nc1ccccc1Cl)C1N(CCCCCCO)C(=O)[C@@H]2[C@H](C(=O)NCc3ccccc3)[C@H]3OC12CC3Br. The predicted octanol–water partition coefficient (Wildman–Crippen LogP) is 3.90. The van der Waals surface area contributed by atoms with Crippen molar-refractivity contribution in [2.75, 3.05) is 18.5 Å². The molecule has 3 N–H and O–H groups in total. The van der Waals surface area contributed by atoms with Crippen molar-refractivity contribution < 1.29 is 24.2 Å². The van der Waals surface area contributed by atoms with Gasteiger partial charge in [-0.3, -0.25) is 14.4 Å². The molecule has 3 saturated heterocycles. The molecule has 3 amide bonds. The molecule has 2 aromatic carbocycles. The van der Waals surface area contributed by atoms with Gasteiger partial charge in [0.05, 0.1) is 28.6 Å². The Balaban J connectivity index is 1.42. The third-order valence-corrected chi connectivity index (χ3v) is 9.26. The number of likely N-dealkylation sites (tertiary alicyclic amines) is 1. The number of carbonyl (C=O) groups is 3. The number of fused-ring (bicyclic) bond motifs is 1. The molecule has 5 rings (SSSR count). The molecule has 208 valence electrons. The van der Waals surface area contributed by atoms with Crippen molar-refractivity contribution in [3.63, 3.8) is 0 Å². The molecular weight excluding hydrogens is 586 g/mol. The van der Waals surface area contributed by atoms with E-state index in [2.05, 4.69) is 26.6 Å². The van der Waals surface area contributed by atoms with Crippen LogP contribution in [0.3, 0.4) is 0 Å². The highest BCUT2D eigenvalue weighted by atomic mass is 79.9. The van der Waals surface area contributed by atoms with Crippen molar-refractivity contribution in [3.05, 3.63) is 65.2 Å². The van der Waals surface area contributed by atoms with Crippen LogP contribution >= 0.6 is 27.5 Å². The van der Waals surface area contributed by atoms with Crippen LogP contribution in [0.4, 0.5) is 5.69 Å². The number of aliphatic hydroxyl groups excluding tert-OH is 1. The van der Waals surface area contributed by atoms with Gasteiger partial charge in [-0.25, -0.2) is 0 Å². The van der Waals surface area contributed by atoms with Gasteiger partial charge in [0.1, 0.15) is 11.6 Å². The van der Waals surface area contributed by atoms with Crippen LogP contribution in [0.25, 0.3) is 0 Å². The fraction of sp³-hybridized carbons (Fsp3) is 0.483. The summed E-state index contributed by atoms with van der Waals surface area (Å²) < 4.78 is 6.53. The van der Waals surface area contributed by atoms with Gasteiger partial charge < -0.3 is 25.4 Å². The molecule has 6 atom stereocenters. The van der Waals surface area contributed by atoms with Gasteiger partial charge in [0, 0.05) is 24.5 Å². The zero-order chi connectivity index (χ0) is 27.6. The van der Waals surface area contributed by atoms with Crippen molar-refractivity contribution in [2.45, 2.75) is 61.2 Å². The Bertz CT molecular complexity index is 1220. The van der Waals surface area contributed by atoms with E-state index in [1.807, 2.05) is 30.3 Å². The molecular formula is C29H33BrClN3O5.